The van der Waals surface area contributed by atoms with Crippen molar-refractivity contribution in [3.63, 3.8) is 0 Å². The van der Waals surface area contributed by atoms with Gasteiger partial charge in [0.2, 0.25) is 0 Å². The fraction of sp³-hybridized carbons (Fsp3) is 0.0345. The van der Waals surface area contributed by atoms with E-state index in [-0.39, 0.29) is 5.75 Å². The van der Waals surface area contributed by atoms with Crippen molar-refractivity contribution >= 4 is 46.8 Å². The summed E-state index contributed by atoms with van der Waals surface area (Å²) in [5.41, 5.74) is 12.9. The number of thiol groups is 1. The van der Waals surface area contributed by atoms with Gasteiger partial charge in [-0.3, -0.25) is 0 Å². The number of phenolic OH excluding ortho intramolecular Hbond substituents is 1. The Balaban J connectivity index is 0.844. The van der Waals surface area contributed by atoms with E-state index in [0.717, 1.165) is 67.6 Å². The minimum Gasteiger partial charge on any atom is -0.508 e. The van der Waals surface area contributed by atoms with E-state index in [0.29, 0.717) is 17.2 Å². The monoisotopic (exact) mass is 876 g/mol. The Bertz CT molecular complexity index is 3470. The molecule has 0 aromatic heterocycles. The fourth-order valence-corrected chi connectivity index (χ4v) is 11.7. The third-order valence-corrected chi connectivity index (χ3v) is 14.5. The largest absolute Gasteiger partial charge is 0.508 e. The highest BCUT2D eigenvalue weighted by Gasteiger charge is 2.52. The summed E-state index contributed by atoms with van der Waals surface area (Å²) in [6, 6.07) is 71.4. The molecule has 0 amide bonds. The van der Waals surface area contributed by atoms with Crippen LogP contribution in [0.4, 0.5) is 0 Å². The summed E-state index contributed by atoms with van der Waals surface area (Å²) < 4.78 is 24.9. The first-order valence-corrected chi connectivity index (χ1v) is 22.5. The van der Waals surface area contributed by atoms with Crippen molar-refractivity contribution in [1.82, 2.24) is 0 Å². The Morgan fingerprint density at radius 3 is 1.32 bits per heavy atom. The summed E-state index contributed by atoms with van der Waals surface area (Å²) in [4.78, 5) is 0. The molecule has 0 atom stereocenters. The SMILES string of the molecule is Oc1ccc(C2(c3ccc(OSOc4ccc5c6c(ccc5c4)C4(c5ccccc5-c5ccccc54)c4ccc5cc(OS)ccc5c4O6)cc3)c3ccccc3-c3ccccc32)cc1. The number of hydrogen-bond donors (Lipinski definition) is 2. The second-order valence-electron chi connectivity index (χ2n) is 16.8. The normalized spacial score (nSPS) is 14.1. The summed E-state index contributed by atoms with van der Waals surface area (Å²) >= 11 is 5.01. The molecule has 1 aliphatic heterocycles. The highest BCUT2D eigenvalue weighted by atomic mass is 32.2. The van der Waals surface area contributed by atoms with Crippen molar-refractivity contribution in [2.45, 2.75) is 10.8 Å². The summed E-state index contributed by atoms with van der Waals surface area (Å²) in [6.45, 7) is 0. The molecule has 7 heteroatoms. The van der Waals surface area contributed by atoms with Crippen LogP contribution >= 0.6 is 25.2 Å². The van der Waals surface area contributed by atoms with E-state index >= 15 is 0 Å². The van der Waals surface area contributed by atoms with Gasteiger partial charge in [-0.25, -0.2) is 0 Å². The smallest absolute Gasteiger partial charge is 0.293 e. The highest BCUT2D eigenvalue weighted by Crippen LogP contribution is 2.64. The van der Waals surface area contributed by atoms with Crippen LogP contribution < -0.4 is 17.3 Å². The zero-order valence-electron chi connectivity index (χ0n) is 34.6. The standard InChI is InChI=1S/C58H36O5S2/c59-39-23-19-37(20-24-39)57(49-13-5-1-9-45(49)46-10-2-6-14-50(46)57)38-21-25-40(26-22-38)62-65-63-42-28-30-44-36(34-42)18-32-54-56(44)60-55-43-29-27-41(61-64)33-35(43)17-31-53(55)58(54)51-15-7-3-11-47(51)48-12-4-8-16-52(48)58/h1-34,59,64H. The van der Waals surface area contributed by atoms with Crippen LogP contribution in [0.15, 0.2) is 206 Å². The Hall–Kier alpha value is -7.58. The number of benzene rings is 10. The minimum atomic E-state index is -0.611. The van der Waals surface area contributed by atoms with Crippen LogP contribution in [0, 0.1) is 0 Å². The van der Waals surface area contributed by atoms with Crippen LogP contribution in [0.2, 0.25) is 0 Å². The number of ether oxygens (including phenoxy) is 1. The van der Waals surface area contributed by atoms with E-state index in [9.17, 15) is 5.11 Å². The average molecular weight is 877 g/mol. The van der Waals surface area contributed by atoms with E-state index in [4.69, 9.17) is 17.3 Å². The molecule has 0 radical (unpaired) electrons. The van der Waals surface area contributed by atoms with Crippen molar-refractivity contribution in [2.24, 2.45) is 0 Å². The van der Waals surface area contributed by atoms with Crippen molar-refractivity contribution in [3.8, 4) is 56.8 Å². The maximum absolute atomic E-state index is 10.3. The van der Waals surface area contributed by atoms with Gasteiger partial charge in [-0.15, -0.1) is 0 Å². The van der Waals surface area contributed by atoms with Gasteiger partial charge in [-0.2, -0.15) is 0 Å². The molecule has 0 bridgehead atoms. The average Bonchev–Trinajstić information content (AvgIpc) is 3.83. The van der Waals surface area contributed by atoms with Gasteiger partial charge >= 0.3 is 0 Å². The van der Waals surface area contributed by atoms with E-state index in [2.05, 4.69) is 159 Å². The molecule has 1 heterocycles. The number of hydrogen-bond acceptors (Lipinski definition) is 7. The summed E-state index contributed by atoms with van der Waals surface area (Å²) in [5.74, 6) is 3.85. The van der Waals surface area contributed by atoms with Gasteiger partial charge in [0.25, 0.3) is 12.3 Å². The Morgan fingerprint density at radius 1 is 0.400 bits per heavy atom. The number of aromatic hydroxyl groups is 1. The van der Waals surface area contributed by atoms with Crippen LogP contribution in [0.3, 0.4) is 0 Å². The van der Waals surface area contributed by atoms with Gasteiger partial charge in [0.1, 0.15) is 34.5 Å². The molecule has 10 aromatic rings. The van der Waals surface area contributed by atoms with Crippen molar-refractivity contribution in [3.05, 3.63) is 251 Å². The van der Waals surface area contributed by atoms with Crippen molar-refractivity contribution in [1.29, 1.82) is 0 Å². The second-order valence-corrected chi connectivity index (χ2v) is 17.5. The van der Waals surface area contributed by atoms with E-state index in [1.54, 1.807) is 12.1 Å². The first-order chi connectivity index (χ1) is 32.1. The molecular formula is C58H36O5S2. The molecule has 1 spiro atoms. The molecule has 0 saturated heterocycles. The highest BCUT2D eigenvalue weighted by molar-refractivity contribution is 7.90. The third kappa shape index (κ3) is 5.37. The molecule has 1 N–H and O–H groups in total. The maximum atomic E-state index is 10.3. The first-order valence-electron chi connectivity index (χ1n) is 21.5. The van der Waals surface area contributed by atoms with Gasteiger partial charge in [0.05, 0.1) is 10.8 Å². The predicted octanol–water partition coefficient (Wildman–Crippen LogP) is 14.8. The molecule has 2 aliphatic carbocycles. The molecule has 65 heavy (non-hydrogen) atoms. The lowest BCUT2D eigenvalue weighted by atomic mass is 9.65. The lowest BCUT2D eigenvalue weighted by Crippen LogP contribution is -2.32. The van der Waals surface area contributed by atoms with Gasteiger partial charge < -0.3 is 22.4 Å². The van der Waals surface area contributed by atoms with Gasteiger partial charge in [0.15, 0.2) is 0 Å². The topological polar surface area (TPSA) is 57.2 Å². The van der Waals surface area contributed by atoms with Gasteiger partial charge in [-0.05, 0) is 127 Å². The Labute approximate surface area is 385 Å². The second kappa shape index (κ2) is 14.5. The van der Waals surface area contributed by atoms with Crippen LogP contribution in [-0.4, -0.2) is 5.11 Å². The number of phenols is 1. The number of rotatable bonds is 7. The summed E-state index contributed by atoms with van der Waals surface area (Å²) in [7, 11) is 0. The Morgan fingerprint density at radius 2 is 0.815 bits per heavy atom. The lowest BCUT2D eigenvalue weighted by Gasteiger charge is -2.40. The summed E-state index contributed by atoms with van der Waals surface area (Å²) in [5, 5.41) is 14.2. The molecule has 13 rings (SSSR count). The zero-order chi connectivity index (χ0) is 43.3. The van der Waals surface area contributed by atoms with Crippen LogP contribution in [-0.2, 0) is 10.8 Å². The third-order valence-electron chi connectivity index (χ3n) is 13.8. The van der Waals surface area contributed by atoms with E-state index < -0.39 is 10.8 Å². The molecule has 0 unspecified atom stereocenters. The maximum Gasteiger partial charge on any atom is 0.293 e. The lowest BCUT2D eigenvalue weighted by molar-refractivity contribution is 0.447. The minimum absolute atomic E-state index is 0.234. The molecule has 10 aromatic carbocycles. The molecule has 5 nitrogen and oxygen atoms in total. The zero-order valence-corrected chi connectivity index (χ0v) is 36.3. The quantitative estimate of drug-likeness (QED) is 0.123. The van der Waals surface area contributed by atoms with Crippen molar-refractivity contribution < 1.29 is 22.4 Å². The first kappa shape index (κ1) is 37.9. The summed E-state index contributed by atoms with van der Waals surface area (Å²) in [6.07, 6.45) is 0. The molecule has 3 aliphatic rings. The molecular weight excluding hydrogens is 841 g/mol. The molecule has 0 saturated carbocycles. The van der Waals surface area contributed by atoms with Crippen LogP contribution in [0.5, 0.6) is 34.5 Å². The van der Waals surface area contributed by atoms with Crippen LogP contribution in [0.1, 0.15) is 44.5 Å². The molecule has 0 fully saturated rings. The predicted molar refractivity (Wildman–Crippen MR) is 263 cm³/mol. The van der Waals surface area contributed by atoms with Crippen molar-refractivity contribution in [2.75, 3.05) is 0 Å². The van der Waals surface area contributed by atoms with Gasteiger partial charge in [-0.1, -0.05) is 146 Å². The molecule has 310 valence electrons. The van der Waals surface area contributed by atoms with Crippen LogP contribution in [0.25, 0.3) is 43.8 Å². The van der Waals surface area contributed by atoms with Gasteiger partial charge in [0, 0.05) is 34.8 Å². The number of fused-ring (bicyclic) bond motifs is 16. The Kier molecular flexibility index (Phi) is 8.45. The fourth-order valence-electron chi connectivity index (χ4n) is 11.1. The van der Waals surface area contributed by atoms with E-state index in [1.165, 1.54) is 44.5 Å². The van der Waals surface area contributed by atoms with E-state index in [1.807, 2.05) is 48.5 Å².